The maximum Gasteiger partial charge on any atom is 0.407 e. The largest absolute Gasteiger partial charge is 0.478 e. The van der Waals surface area contributed by atoms with Gasteiger partial charge in [0.25, 0.3) is 0 Å². The summed E-state index contributed by atoms with van der Waals surface area (Å²) < 4.78 is 5.56. The quantitative estimate of drug-likeness (QED) is 0.375. The zero-order valence-corrected chi connectivity index (χ0v) is 19.8. The lowest BCUT2D eigenvalue weighted by molar-refractivity contribution is -0.118. The molecule has 0 radical (unpaired) electrons. The number of benzene rings is 3. The molecule has 180 valence electrons. The smallest absolute Gasteiger partial charge is 0.407 e. The van der Waals surface area contributed by atoms with Crippen LogP contribution in [0.15, 0.2) is 66.7 Å². The molecule has 0 spiro atoms. The Hall–Kier alpha value is -3.84. The monoisotopic (exact) mass is 492 g/mol. The molecule has 4 rings (SSSR count). The van der Waals surface area contributed by atoms with E-state index in [1.54, 1.807) is 0 Å². The van der Waals surface area contributed by atoms with Gasteiger partial charge >= 0.3 is 12.1 Å². The van der Waals surface area contributed by atoms with Gasteiger partial charge in [-0.15, -0.1) is 0 Å². The summed E-state index contributed by atoms with van der Waals surface area (Å²) in [6.45, 7) is 2.05. The van der Waals surface area contributed by atoms with Crippen molar-refractivity contribution in [3.05, 3.63) is 88.4 Å². The number of rotatable bonds is 8. The van der Waals surface area contributed by atoms with Crippen molar-refractivity contribution >= 4 is 35.3 Å². The lowest BCUT2D eigenvalue weighted by Crippen LogP contribution is -2.44. The van der Waals surface area contributed by atoms with E-state index in [4.69, 9.17) is 21.4 Å². The summed E-state index contributed by atoms with van der Waals surface area (Å²) in [5.41, 5.74) is 4.74. The first-order chi connectivity index (χ1) is 16.9. The van der Waals surface area contributed by atoms with Crippen molar-refractivity contribution in [1.82, 2.24) is 5.32 Å². The molecule has 7 nitrogen and oxygen atoms in total. The molecule has 0 bridgehead atoms. The van der Waals surface area contributed by atoms with Crippen LogP contribution >= 0.6 is 11.6 Å². The van der Waals surface area contributed by atoms with Gasteiger partial charge in [-0.3, -0.25) is 4.79 Å². The fourth-order valence-electron chi connectivity index (χ4n) is 4.34. The number of hydrogen-bond donors (Lipinski definition) is 3. The van der Waals surface area contributed by atoms with Crippen LogP contribution < -0.4 is 10.6 Å². The topological polar surface area (TPSA) is 105 Å². The van der Waals surface area contributed by atoms with Crippen LogP contribution in [0.2, 0.25) is 5.02 Å². The first-order valence-electron chi connectivity index (χ1n) is 11.3. The number of alkyl carbamates (subject to hydrolysis) is 1. The lowest BCUT2D eigenvalue weighted by Gasteiger charge is -2.19. The summed E-state index contributed by atoms with van der Waals surface area (Å²) in [4.78, 5) is 36.6. The highest BCUT2D eigenvalue weighted by molar-refractivity contribution is 6.33. The Morgan fingerprint density at radius 1 is 1.00 bits per heavy atom. The number of hydrogen-bond acceptors (Lipinski definition) is 4. The van der Waals surface area contributed by atoms with Crippen LogP contribution in [-0.2, 0) is 9.53 Å². The number of aromatic carboxylic acids is 1. The van der Waals surface area contributed by atoms with E-state index in [0.717, 1.165) is 22.3 Å². The van der Waals surface area contributed by atoms with Gasteiger partial charge in [0.05, 0.1) is 10.6 Å². The van der Waals surface area contributed by atoms with E-state index in [1.807, 2.05) is 43.3 Å². The van der Waals surface area contributed by atoms with Crippen LogP contribution in [0.3, 0.4) is 0 Å². The van der Waals surface area contributed by atoms with Crippen molar-refractivity contribution in [2.75, 3.05) is 11.9 Å². The predicted molar refractivity (Wildman–Crippen MR) is 134 cm³/mol. The van der Waals surface area contributed by atoms with Gasteiger partial charge in [-0.1, -0.05) is 73.5 Å². The maximum atomic E-state index is 12.8. The molecule has 8 heteroatoms. The number of carbonyl (C=O) groups is 3. The van der Waals surface area contributed by atoms with Gasteiger partial charge in [-0.25, -0.2) is 9.59 Å². The first kappa shape index (κ1) is 24.3. The SMILES string of the molecule is CCC[C@H](NC(=O)OCC1c2ccccc2-c2ccccc21)C(=O)Nc1ccc(C(=O)O)c(Cl)c1. The van der Waals surface area contributed by atoms with E-state index in [0.29, 0.717) is 18.5 Å². The molecule has 1 aliphatic carbocycles. The molecule has 1 aliphatic rings. The summed E-state index contributed by atoms with van der Waals surface area (Å²) in [6, 6.07) is 19.4. The Morgan fingerprint density at radius 3 is 2.20 bits per heavy atom. The Balaban J connectivity index is 1.40. The summed E-state index contributed by atoms with van der Waals surface area (Å²) in [5.74, 6) is -1.69. The van der Waals surface area contributed by atoms with Crippen molar-refractivity contribution in [2.45, 2.75) is 31.7 Å². The van der Waals surface area contributed by atoms with E-state index < -0.39 is 24.0 Å². The molecule has 0 aromatic heterocycles. The second kappa shape index (κ2) is 10.6. The molecule has 3 aromatic carbocycles. The molecule has 0 heterocycles. The highest BCUT2D eigenvalue weighted by Gasteiger charge is 2.29. The third kappa shape index (κ3) is 5.30. The third-order valence-corrected chi connectivity index (χ3v) is 6.31. The average Bonchev–Trinajstić information content (AvgIpc) is 3.16. The summed E-state index contributed by atoms with van der Waals surface area (Å²) >= 11 is 5.99. The predicted octanol–water partition coefficient (Wildman–Crippen LogP) is 5.68. The van der Waals surface area contributed by atoms with Crippen molar-refractivity contribution in [3.8, 4) is 11.1 Å². The van der Waals surface area contributed by atoms with E-state index in [2.05, 4.69) is 22.8 Å². The molecule has 2 amide bonds. The van der Waals surface area contributed by atoms with E-state index in [9.17, 15) is 14.4 Å². The van der Waals surface area contributed by atoms with Crippen LogP contribution in [-0.4, -0.2) is 35.7 Å². The Labute approximate surface area is 208 Å². The fourth-order valence-corrected chi connectivity index (χ4v) is 4.60. The minimum atomic E-state index is -1.16. The maximum absolute atomic E-state index is 12.8. The third-order valence-electron chi connectivity index (χ3n) is 6.00. The van der Waals surface area contributed by atoms with E-state index in [1.165, 1.54) is 18.2 Å². The number of anilines is 1. The molecule has 1 atom stereocenters. The standard InChI is InChI=1S/C27H25ClN2O5/c1-2-7-24(25(31)29-16-12-13-21(26(32)33)23(28)14-16)30-27(34)35-15-22-19-10-5-3-8-17(19)18-9-4-6-11-20(18)22/h3-6,8-14,22,24H,2,7,15H2,1H3,(H,29,31)(H,30,34)(H,32,33)/t24-/m0/s1. The molecule has 0 saturated heterocycles. The van der Waals surface area contributed by atoms with Gasteiger partial charge in [-0.05, 0) is 46.9 Å². The van der Waals surface area contributed by atoms with Crippen LogP contribution in [0, 0.1) is 0 Å². The minimum absolute atomic E-state index is 0.00633. The molecule has 0 fully saturated rings. The number of carboxylic acid groups (broad SMARTS) is 1. The minimum Gasteiger partial charge on any atom is -0.478 e. The number of ether oxygens (including phenoxy) is 1. The van der Waals surface area contributed by atoms with Crippen LogP contribution in [0.4, 0.5) is 10.5 Å². The number of fused-ring (bicyclic) bond motifs is 3. The number of amides is 2. The molecule has 3 N–H and O–H groups in total. The van der Waals surface area contributed by atoms with Gasteiger partial charge in [0.1, 0.15) is 12.6 Å². The van der Waals surface area contributed by atoms with Crippen molar-refractivity contribution in [1.29, 1.82) is 0 Å². The highest BCUT2D eigenvalue weighted by atomic mass is 35.5. The Morgan fingerprint density at radius 2 is 1.63 bits per heavy atom. The number of carboxylic acids is 1. The van der Waals surface area contributed by atoms with Gasteiger partial charge in [0.15, 0.2) is 0 Å². The molecular formula is C27H25ClN2O5. The molecule has 0 unspecified atom stereocenters. The summed E-state index contributed by atoms with van der Waals surface area (Å²) in [7, 11) is 0. The second-order valence-electron chi connectivity index (χ2n) is 8.30. The van der Waals surface area contributed by atoms with Crippen molar-refractivity contribution < 1.29 is 24.2 Å². The number of nitrogens with one attached hydrogen (secondary N) is 2. The van der Waals surface area contributed by atoms with E-state index in [-0.39, 0.29) is 23.1 Å². The fraction of sp³-hybridized carbons (Fsp3) is 0.222. The highest BCUT2D eigenvalue weighted by Crippen LogP contribution is 2.44. The average molecular weight is 493 g/mol. The zero-order chi connectivity index (χ0) is 24.9. The number of carbonyl (C=O) groups excluding carboxylic acids is 2. The zero-order valence-electron chi connectivity index (χ0n) is 19.1. The van der Waals surface area contributed by atoms with Crippen LogP contribution in [0.5, 0.6) is 0 Å². The summed E-state index contributed by atoms with van der Waals surface area (Å²) in [6.07, 6.45) is 0.372. The molecule has 0 saturated carbocycles. The van der Waals surface area contributed by atoms with Gasteiger partial charge in [-0.2, -0.15) is 0 Å². The Bertz CT molecular complexity index is 1230. The first-order valence-corrected chi connectivity index (χ1v) is 11.7. The lowest BCUT2D eigenvalue weighted by atomic mass is 9.98. The van der Waals surface area contributed by atoms with Crippen molar-refractivity contribution in [2.24, 2.45) is 0 Å². The normalized spacial score (nSPS) is 12.9. The molecule has 35 heavy (non-hydrogen) atoms. The van der Waals surface area contributed by atoms with E-state index >= 15 is 0 Å². The van der Waals surface area contributed by atoms with Gasteiger partial charge in [0.2, 0.25) is 5.91 Å². The molecule has 3 aromatic rings. The van der Waals surface area contributed by atoms with Gasteiger partial charge in [0, 0.05) is 11.6 Å². The van der Waals surface area contributed by atoms with Gasteiger partial charge < -0.3 is 20.5 Å². The van der Waals surface area contributed by atoms with Crippen LogP contribution in [0.1, 0.15) is 47.2 Å². The molecule has 0 aliphatic heterocycles. The Kier molecular flexibility index (Phi) is 7.36. The van der Waals surface area contributed by atoms with Crippen LogP contribution in [0.25, 0.3) is 11.1 Å². The molecular weight excluding hydrogens is 468 g/mol. The second-order valence-corrected chi connectivity index (χ2v) is 8.71. The summed E-state index contributed by atoms with van der Waals surface area (Å²) in [5, 5.41) is 14.4. The number of halogens is 1. The van der Waals surface area contributed by atoms with Crippen molar-refractivity contribution in [3.63, 3.8) is 0 Å².